The van der Waals surface area contributed by atoms with E-state index in [1.807, 2.05) is 38.1 Å². The molecule has 0 aliphatic carbocycles. The number of amides is 1. The van der Waals surface area contributed by atoms with Crippen molar-refractivity contribution >= 4 is 27.6 Å². The zero-order valence-corrected chi connectivity index (χ0v) is 16.9. The predicted octanol–water partition coefficient (Wildman–Crippen LogP) is 2.79. The van der Waals surface area contributed by atoms with Gasteiger partial charge in [0.15, 0.2) is 6.61 Å². The van der Waals surface area contributed by atoms with Crippen molar-refractivity contribution in [1.29, 1.82) is 0 Å². The first-order valence-corrected chi connectivity index (χ1v) is 10.7. The first-order chi connectivity index (χ1) is 13.2. The third-order valence-electron chi connectivity index (χ3n) is 4.00. The highest BCUT2D eigenvalue weighted by molar-refractivity contribution is 7.92. The molecule has 2 aromatic rings. The Morgan fingerprint density at radius 1 is 1.07 bits per heavy atom. The van der Waals surface area contributed by atoms with Crippen molar-refractivity contribution in [1.82, 2.24) is 5.32 Å². The molecule has 1 atom stereocenters. The number of ether oxygens (including phenoxy) is 1. The second-order valence-electron chi connectivity index (χ2n) is 6.43. The molecule has 1 amide bonds. The summed E-state index contributed by atoms with van der Waals surface area (Å²) in [6, 6.07) is 13.7. The lowest BCUT2D eigenvalue weighted by atomic mass is 10.0. The molecule has 7 nitrogen and oxygen atoms in total. The second-order valence-corrected chi connectivity index (χ2v) is 8.18. The summed E-state index contributed by atoms with van der Waals surface area (Å²) in [4.78, 5) is 24.5. The van der Waals surface area contributed by atoms with E-state index in [4.69, 9.17) is 4.74 Å². The summed E-state index contributed by atoms with van der Waals surface area (Å²) in [6.45, 7) is 3.47. The van der Waals surface area contributed by atoms with Gasteiger partial charge in [-0.25, -0.2) is 13.2 Å². The smallest absolute Gasteiger partial charge is 0.340 e. The highest BCUT2D eigenvalue weighted by atomic mass is 32.2. The third kappa shape index (κ3) is 6.38. The predicted molar refractivity (Wildman–Crippen MR) is 108 cm³/mol. The number of hydrogen-bond donors (Lipinski definition) is 2. The van der Waals surface area contributed by atoms with Gasteiger partial charge in [0.05, 0.1) is 23.5 Å². The molecule has 0 aromatic heterocycles. The number of anilines is 1. The molecule has 150 valence electrons. The lowest BCUT2D eigenvalue weighted by Crippen LogP contribution is -2.32. The van der Waals surface area contributed by atoms with Crippen molar-refractivity contribution in [2.45, 2.75) is 26.3 Å². The number of esters is 1. The van der Waals surface area contributed by atoms with E-state index in [0.29, 0.717) is 6.42 Å². The van der Waals surface area contributed by atoms with Crippen molar-refractivity contribution in [3.8, 4) is 0 Å². The summed E-state index contributed by atoms with van der Waals surface area (Å²) < 4.78 is 30.2. The first-order valence-electron chi connectivity index (χ1n) is 8.79. The minimum atomic E-state index is -3.55. The quantitative estimate of drug-likeness (QED) is 0.659. The molecular formula is C20H24N2O5S. The van der Waals surface area contributed by atoms with Crippen molar-refractivity contribution in [3.05, 3.63) is 65.2 Å². The molecule has 0 heterocycles. The molecule has 0 saturated carbocycles. The molecule has 0 unspecified atom stereocenters. The number of nitrogens with one attached hydrogen (secondary N) is 2. The van der Waals surface area contributed by atoms with Crippen molar-refractivity contribution < 1.29 is 22.7 Å². The van der Waals surface area contributed by atoms with Gasteiger partial charge in [0.25, 0.3) is 5.91 Å². The van der Waals surface area contributed by atoms with Gasteiger partial charge in [-0.2, -0.15) is 0 Å². The van der Waals surface area contributed by atoms with Crippen molar-refractivity contribution in [3.63, 3.8) is 0 Å². The number of aryl methyl sites for hydroxylation is 1. The molecule has 0 bridgehead atoms. The molecule has 2 rings (SSSR count). The zero-order chi connectivity index (χ0) is 20.7. The Morgan fingerprint density at radius 3 is 2.32 bits per heavy atom. The Morgan fingerprint density at radius 2 is 1.71 bits per heavy atom. The van der Waals surface area contributed by atoms with Crippen LogP contribution in [0.4, 0.5) is 5.69 Å². The van der Waals surface area contributed by atoms with Gasteiger partial charge in [0.2, 0.25) is 10.0 Å². The molecule has 0 aliphatic heterocycles. The van der Waals surface area contributed by atoms with E-state index in [1.54, 1.807) is 12.1 Å². The van der Waals surface area contributed by atoms with E-state index in [2.05, 4.69) is 10.0 Å². The molecule has 0 fully saturated rings. The standard InChI is InChI=1S/C20H24N2O5S/c1-4-17(15-11-9-14(2)10-12-15)21-19(23)13-27-20(24)16-7-5-6-8-18(16)22-28(3,25)26/h5-12,17,22H,4,13H2,1-3H3,(H,21,23)/t17-/m0/s1. The Kier molecular flexibility index (Phi) is 7.17. The fourth-order valence-electron chi connectivity index (χ4n) is 2.61. The van der Waals surface area contributed by atoms with Gasteiger partial charge in [-0.3, -0.25) is 9.52 Å². The minimum absolute atomic E-state index is 0.0336. The topological polar surface area (TPSA) is 102 Å². The maximum Gasteiger partial charge on any atom is 0.340 e. The molecule has 8 heteroatoms. The monoisotopic (exact) mass is 404 g/mol. The summed E-state index contributed by atoms with van der Waals surface area (Å²) in [6.07, 6.45) is 1.67. The van der Waals surface area contributed by atoms with Crippen LogP contribution in [0.25, 0.3) is 0 Å². The summed E-state index contributed by atoms with van der Waals surface area (Å²) in [5.41, 5.74) is 2.23. The average Bonchev–Trinajstić information content (AvgIpc) is 2.64. The van der Waals surface area contributed by atoms with Crippen LogP contribution in [0.5, 0.6) is 0 Å². The lowest BCUT2D eigenvalue weighted by Gasteiger charge is -2.18. The van der Waals surface area contributed by atoms with Crippen molar-refractivity contribution in [2.24, 2.45) is 0 Å². The Bertz CT molecular complexity index is 939. The highest BCUT2D eigenvalue weighted by Crippen LogP contribution is 2.18. The molecule has 0 radical (unpaired) electrons. The van der Waals surface area contributed by atoms with Crippen LogP contribution in [0.2, 0.25) is 0 Å². The number of carbonyl (C=O) groups is 2. The van der Waals surface area contributed by atoms with Crippen LogP contribution >= 0.6 is 0 Å². The normalized spacial score (nSPS) is 12.1. The Balaban J connectivity index is 1.99. The van der Waals surface area contributed by atoms with Crippen LogP contribution in [0.15, 0.2) is 48.5 Å². The summed E-state index contributed by atoms with van der Waals surface area (Å²) in [5, 5.41) is 2.83. The third-order valence-corrected chi connectivity index (χ3v) is 4.59. The van der Waals surface area contributed by atoms with Gasteiger partial charge in [-0.15, -0.1) is 0 Å². The lowest BCUT2D eigenvalue weighted by molar-refractivity contribution is -0.125. The number of hydrogen-bond acceptors (Lipinski definition) is 5. The molecule has 2 N–H and O–H groups in total. The maximum absolute atomic E-state index is 12.3. The molecule has 2 aromatic carbocycles. The molecule has 0 spiro atoms. The van der Waals surface area contributed by atoms with Crippen LogP contribution in [0.3, 0.4) is 0 Å². The van der Waals surface area contributed by atoms with E-state index in [1.165, 1.54) is 12.1 Å². The molecular weight excluding hydrogens is 380 g/mol. The van der Waals surface area contributed by atoms with E-state index >= 15 is 0 Å². The van der Waals surface area contributed by atoms with Crippen LogP contribution < -0.4 is 10.0 Å². The van der Waals surface area contributed by atoms with Gasteiger partial charge in [-0.1, -0.05) is 48.9 Å². The van der Waals surface area contributed by atoms with Gasteiger partial charge >= 0.3 is 5.97 Å². The largest absolute Gasteiger partial charge is 0.452 e. The zero-order valence-electron chi connectivity index (χ0n) is 16.1. The molecule has 28 heavy (non-hydrogen) atoms. The van der Waals surface area contributed by atoms with Crippen LogP contribution in [0.1, 0.15) is 40.9 Å². The summed E-state index contributed by atoms with van der Waals surface area (Å²) >= 11 is 0. The van der Waals surface area contributed by atoms with Crippen LogP contribution in [0, 0.1) is 6.92 Å². The number of para-hydroxylation sites is 1. The van der Waals surface area contributed by atoms with E-state index in [0.717, 1.165) is 17.4 Å². The number of carbonyl (C=O) groups excluding carboxylic acids is 2. The molecule has 0 aliphatic rings. The Labute approximate surface area is 165 Å². The number of sulfonamides is 1. The Hall–Kier alpha value is -2.87. The fourth-order valence-corrected chi connectivity index (χ4v) is 3.19. The van der Waals surface area contributed by atoms with Gasteiger partial charge in [0.1, 0.15) is 0 Å². The van der Waals surface area contributed by atoms with Crippen LogP contribution in [-0.2, 0) is 19.6 Å². The van der Waals surface area contributed by atoms with Crippen LogP contribution in [-0.4, -0.2) is 33.2 Å². The van der Waals surface area contributed by atoms with E-state index in [9.17, 15) is 18.0 Å². The van der Waals surface area contributed by atoms with Gasteiger partial charge in [-0.05, 0) is 31.0 Å². The first kappa shape index (κ1) is 21.4. The van der Waals surface area contributed by atoms with Gasteiger partial charge in [0, 0.05) is 0 Å². The second kappa shape index (κ2) is 9.36. The van der Waals surface area contributed by atoms with E-state index < -0.39 is 28.5 Å². The maximum atomic E-state index is 12.3. The summed E-state index contributed by atoms with van der Waals surface area (Å²) in [7, 11) is -3.55. The number of rotatable bonds is 8. The summed E-state index contributed by atoms with van der Waals surface area (Å²) in [5.74, 6) is -1.22. The molecule has 0 saturated heterocycles. The van der Waals surface area contributed by atoms with Crippen molar-refractivity contribution in [2.75, 3.05) is 17.6 Å². The minimum Gasteiger partial charge on any atom is -0.452 e. The fraction of sp³-hybridized carbons (Fsp3) is 0.300. The SMILES string of the molecule is CC[C@H](NC(=O)COC(=O)c1ccccc1NS(C)(=O)=O)c1ccc(C)cc1. The average molecular weight is 404 g/mol. The number of benzene rings is 2. The van der Waals surface area contributed by atoms with Gasteiger partial charge < -0.3 is 10.1 Å². The van der Waals surface area contributed by atoms with E-state index in [-0.39, 0.29) is 17.3 Å². The highest BCUT2D eigenvalue weighted by Gasteiger charge is 2.18.